The summed E-state index contributed by atoms with van der Waals surface area (Å²) >= 11 is 0. The molecule has 0 aliphatic heterocycles. The lowest BCUT2D eigenvalue weighted by Crippen LogP contribution is -2.36. The highest BCUT2D eigenvalue weighted by atomic mass is 32.2. The molecule has 1 amide bonds. The van der Waals surface area contributed by atoms with Crippen molar-refractivity contribution in [2.75, 3.05) is 0 Å². The summed E-state index contributed by atoms with van der Waals surface area (Å²) < 4.78 is 26.6. The SMILES string of the molecule is Cc1cc([N+](=O)[O-])ccc1S(=O)(=O)NC(=O)[C@@H]1CC=CCC1. The van der Waals surface area contributed by atoms with Crippen LogP contribution in [0.1, 0.15) is 24.8 Å². The quantitative estimate of drug-likeness (QED) is 0.518. The molecule has 8 heteroatoms. The third kappa shape index (κ3) is 3.51. The van der Waals surface area contributed by atoms with E-state index in [4.69, 9.17) is 0 Å². The molecule has 1 atom stereocenters. The second kappa shape index (κ2) is 6.27. The van der Waals surface area contributed by atoms with Crippen LogP contribution in [0, 0.1) is 23.0 Å². The van der Waals surface area contributed by atoms with E-state index >= 15 is 0 Å². The molecular weight excluding hydrogens is 308 g/mol. The van der Waals surface area contributed by atoms with E-state index in [2.05, 4.69) is 4.72 Å². The molecular formula is C14H16N2O5S. The average molecular weight is 324 g/mol. The number of allylic oxidation sites excluding steroid dienone is 2. The Balaban J connectivity index is 2.21. The van der Waals surface area contributed by atoms with E-state index in [-0.39, 0.29) is 22.1 Å². The maximum atomic E-state index is 12.3. The summed E-state index contributed by atoms with van der Waals surface area (Å²) in [7, 11) is -4.03. The van der Waals surface area contributed by atoms with Crippen LogP contribution >= 0.6 is 0 Å². The molecule has 0 aromatic heterocycles. The van der Waals surface area contributed by atoms with Crippen LogP contribution in [0.25, 0.3) is 0 Å². The molecule has 0 radical (unpaired) electrons. The molecule has 1 N–H and O–H groups in total. The van der Waals surface area contributed by atoms with Gasteiger partial charge in [-0.3, -0.25) is 14.9 Å². The third-order valence-electron chi connectivity index (χ3n) is 3.53. The topological polar surface area (TPSA) is 106 Å². The lowest BCUT2D eigenvalue weighted by Gasteiger charge is -2.17. The van der Waals surface area contributed by atoms with Crippen LogP contribution in [0.2, 0.25) is 0 Å². The lowest BCUT2D eigenvalue weighted by atomic mass is 9.94. The van der Waals surface area contributed by atoms with Crippen LogP contribution in [-0.2, 0) is 14.8 Å². The highest BCUT2D eigenvalue weighted by Crippen LogP contribution is 2.23. The van der Waals surface area contributed by atoms with E-state index in [1.807, 2.05) is 12.2 Å². The van der Waals surface area contributed by atoms with Crippen molar-refractivity contribution in [3.63, 3.8) is 0 Å². The van der Waals surface area contributed by atoms with Gasteiger partial charge in [0.2, 0.25) is 5.91 Å². The molecule has 1 aromatic rings. The van der Waals surface area contributed by atoms with E-state index in [1.165, 1.54) is 13.0 Å². The van der Waals surface area contributed by atoms with Gasteiger partial charge < -0.3 is 0 Å². The summed E-state index contributed by atoms with van der Waals surface area (Å²) in [6.45, 7) is 1.45. The first-order valence-electron chi connectivity index (χ1n) is 6.78. The fourth-order valence-electron chi connectivity index (χ4n) is 2.35. The van der Waals surface area contributed by atoms with Crippen molar-refractivity contribution in [1.29, 1.82) is 0 Å². The van der Waals surface area contributed by atoms with Gasteiger partial charge in [-0.15, -0.1) is 0 Å². The lowest BCUT2D eigenvalue weighted by molar-refractivity contribution is -0.385. The summed E-state index contributed by atoms with van der Waals surface area (Å²) in [5.41, 5.74) is 0.0261. The molecule has 1 aliphatic carbocycles. The molecule has 7 nitrogen and oxygen atoms in total. The van der Waals surface area contributed by atoms with Crippen molar-refractivity contribution in [3.8, 4) is 0 Å². The number of sulfonamides is 1. The zero-order valence-electron chi connectivity index (χ0n) is 12.0. The molecule has 22 heavy (non-hydrogen) atoms. The Labute approximate surface area is 128 Å². The highest BCUT2D eigenvalue weighted by Gasteiger charge is 2.26. The summed E-state index contributed by atoms with van der Waals surface area (Å²) in [4.78, 5) is 22.0. The number of rotatable bonds is 4. The summed E-state index contributed by atoms with van der Waals surface area (Å²) in [5, 5.41) is 10.7. The first-order valence-corrected chi connectivity index (χ1v) is 8.26. The number of nitrogens with zero attached hydrogens (tertiary/aromatic N) is 1. The molecule has 0 saturated heterocycles. The number of non-ortho nitro benzene ring substituents is 1. The Morgan fingerprint density at radius 1 is 1.36 bits per heavy atom. The normalized spacial score (nSPS) is 18.0. The molecule has 0 saturated carbocycles. The van der Waals surface area contributed by atoms with Crippen LogP contribution < -0.4 is 4.72 Å². The Morgan fingerprint density at radius 3 is 2.64 bits per heavy atom. The van der Waals surface area contributed by atoms with Gasteiger partial charge in [-0.1, -0.05) is 12.2 Å². The number of benzene rings is 1. The zero-order chi connectivity index (χ0) is 16.3. The minimum Gasteiger partial charge on any atom is -0.274 e. The predicted molar refractivity (Wildman–Crippen MR) is 79.6 cm³/mol. The van der Waals surface area contributed by atoms with Gasteiger partial charge in [0.1, 0.15) is 0 Å². The first kappa shape index (κ1) is 16.2. The maximum absolute atomic E-state index is 12.3. The molecule has 0 unspecified atom stereocenters. The van der Waals surface area contributed by atoms with Crippen LogP contribution in [0.15, 0.2) is 35.2 Å². The van der Waals surface area contributed by atoms with Gasteiger partial charge in [-0.25, -0.2) is 13.1 Å². The Bertz CT molecular complexity index is 740. The molecule has 0 spiro atoms. The number of amides is 1. The van der Waals surface area contributed by atoms with E-state index < -0.39 is 20.9 Å². The second-order valence-corrected chi connectivity index (χ2v) is 6.81. The first-order chi connectivity index (χ1) is 10.3. The number of carbonyl (C=O) groups is 1. The summed E-state index contributed by atoms with van der Waals surface area (Å²) in [5.74, 6) is -0.903. The Hall–Kier alpha value is -2.22. The van der Waals surface area contributed by atoms with E-state index in [9.17, 15) is 23.3 Å². The predicted octanol–water partition coefficient (Wildman–Crippen LogP) is 2.06. The Morgan fingerprint density at radius 2 is 2.09 bits per heavy atom. The molecule has 1 aromatic carbocycles. The van der Waals surface area contributed by atoms with Crippen LogP contribution in [-0.4, -0.2) is 19.2 Å². The minimum absolute atomic E-state index is 0.127. The van der Waals surface area contributed by atoms with Crippen molar-refractivity contribution in [3.05, 3.63) is 46.0 Å². The molecule has 1 aliphatic rings. The third-order valence-corrected chi connectivity index (χ3v) is 5.04. The van der Waals surface area contributed by atoms with E-state index in [0.29, 0.717) is 12.8 Å². The molecule has 0 fully saturated rings. The smallest absolute Gasteiger partial charge is 0.269 e. The number of aryl methyl sites for hydroxylation is 1. The number of carbonyl (C=O) groups excluding carboxylic acids is 1. The van der Waals surface area contributed by atoms with Crippen LogP contribution in [0.4, 0.5) is 5.69 Å². The van der Waals surface area contributed by atoms with Crippen LogP contribution in [0.3, 0.4) is 0 Å². The molecule has 0 heterocycles. The number of nitrogens with one attached hydrogen (secondary N) is 1. The van der Waals surface area contributed by atoms with Crippen molar-refractivity contribution in [2.45, 2.75) is 31.1 Å². The van der Waals surface area contributed by atoms with Crippen molar-refractivity contribution in [1.82, 2.24) is 4.72 Å². The number of nitro groups is 1. The largest absolute Gasteiger partial charge is 0.274 e. The van der Waals surface area contributed by atoms with Crippen molar-refractivity contribution in [2.24, 2.45) is 5.92 Å². The van der Waals surface area contributed by atoms with Crippen molar-refractivity contribution < 1.29 is 18.1 Å². The molecule has 118 valence electrons. The van der Waals surface area contributed by atoms with Crippen molar-refractivity contribution >= 4 is 21.6 Å². The van der Waals surface area contributed by atoms with E-state index in [1.54, 1.807) is 0 Å². The molecule has 0 bridgehead atoms. The minimum atomic E-state index is -4.03. The van der Waals surface area contributed by atoms with Gasteiger partial charge in [0, 0.05) is 18.1 Å². The fraction of sp³-hybridized carbons (Fsp3) is 0.357. The average Bonchev–Trinajstić information content (AvgIpc) is 2.47. The molecule has 2 rings (SSSR count). The Kier molecular flexibility index (Phi) is 4.60. The number of nitro benzene ring substituents is 1. The summed E-state index contributed by atoms with van der Waals surface area (Å²) in [6, 6.07) is 3.42. The van der Waals surface area contributed by atoms with Gasteiger partial charge in [0.25, 0.3) is 15.7 Å². The van der Waals surface area contributed by atoms with Gasteiger partial charge in [0.05, 0.1) is 9.82 Å². The maximum Gasteiger partial charge on any atom is 0.269 e. The van der Waals surface area contributed by atoms with Gasteiger partial charge in [0.15, 0.2) is 0 Å². The van der Waals surface area contributed by atoms with Gasteiger partial charge in [-0.2, -0.15) is 0 Å². The fourth-order valence-corrected chi connectivity index (χ4v) is 3.62. The number of hydrogen-bond acceptors (Lipinski definition) is 5. The summed E-state index contributed by atoms with van der Waals surface area (Å²) in [6.07, 6.45) is 5.68. The van der Waals surface area contributed by atoms with Crippen LogP contribution in [0.5, 0.6) is 0 Å². The standard InChI is InChI=1S/C14H16N2O5S/c1-10-9-12(16(18)19)7-8-13(10)22(20,21)15-14(17)11-5-3-2-4-6-11/h2-3,7-9,11H,4-6H2,1H3,(H,15,17)/t11-/m1/s1. The highest BCUT2D eigenvalue weighted by molar-refractivity contribution is 7.90. The monoisotopic (exact) mass is 324 g/mol. The van der Waals surface area contributed by atoms with Gasteiger partial charge in [-0.05, 0) is 37.8 Å². The zero-order valence-corrected chi connectivity index (χ0v) is 12.8. The van der Waals surface area contributed by atoms with E-state index in [0.717, 1.165) is 18.6 Å². The number of hydrogen-bond donors (Lipinski definition) is 1. The van der Waals surface area contributed by atoms with Gasteiger partial charge >= 0.3 is 0 Å². The second-order valence-electron chi connectivity index (χ2n) is 5.16.